The summed E-state index contributed by atoms with van der Waals surface area (Å²) in [5.41, 5.74) is 2.80. The Labute approximate surface area is 112 Å². The number of likely N-dealkylation sites (N-methyl/N-ethyl adjacent to an activating group) is 1. The van der Waals surface area contributed by atoms with Gasteiger partial charge >= 0.3 is 0 Å². The van der Waals surface area contributed by atoms with Gasteiger partial charge in [0.25, 0.3) is 0 Å². The van der Waals surface area contributed by atoms with Crippen molar-refractivity contribution in [2.45, 2.75) is 32.6 Å². The van der Waals surface area contributed by atoms with E-state index in [-0.39, 0.29) is 17.7 Å². The van der Waals surface area contributed by atoms with Crippen molar-refractivity contribution in [2.24, 2.45) is 5.92 Å². The maximum absolute atomic E-state index is 11.9. The van der Waals surface area contributed by atoms with Gasteiger partial charge in [0.1, 0.15) is 0 Å². The van der Waals surface area contributed by atoms with Crippen LogP contribution in [-0.4, -0.2) is 18.4 Å². The number of hydrogen-bond donors (Lipinski definition) is 1. The molecule has 2 amide bonds. The minimum Gasteiger partial charge on any atom is -0.326 e. The van der Waals surface area contributed by atoms with Gasteiger partial charge in [-0.15, -0.1) is 0 Å². The number of hydrogen-bond acceptors (Lipinski definition) is 2. The quantitative estimate of drug-likeness (QED) is 0.904. The van der Waals surface area contributed by atoms with E-state index in [1.54, 1.807) is 4.90 Å². The molecular formula is C15H18N2O2. The number of nitrogens with zero attached hydrogens (tertiary/aromatic N) is 1. The molecule has 19 heavy (non-hydrogen) atoms. The molecule has 1 aliphatic carbocycles. The molecular weight excluding hydrogens is 240 g/mol. The van der Waals surface area contributed by atoms with Crippen LogP contribution in [0.2, 0.25) is 0 Å². The Morgan fingerprint density at radius 2 is 2.21 bits per heavy atom. The highest BCUT2D eigenvalue weighted by atomic mass is 16.2. The van der Waals surface area contributed by atoms with Crippen LogP contribution in [0.25, 0.3) is 0 Å². The van der Waals surface area contributed by atoms with Crippen LogP contribution in [0.1, 0.15) is 31.7 Å². The van der Waals surface area contributed by atoms with Gasteiger partial charge in [0.15, 0.2) is 0 Å². The second-order valence-corrected chi connectivity index (χ2v) is 5.28. The summed E-state index contributed by atoms with van der Waals surface area (Å²) in [5.74, 6) is 0.435. The van der Waals surface area contributed by atoms with Gasteiger partial charge in [-0.2, -0.15) is 0 Å². The summed E-state index contributed by atoms with van der Waals surface area (Å²) in [6.07, 6.45) is 3.59. The third-order valence-corrected chi connectivity index (χ3v) is 4.07. The minimum absolute atomic E-state index is 0.114. The van der Waals surface area contributed by atoms with E-state index in [1.165, 1.54) is 0 Å². The summed E-state index contributed by atoms with van der Waals surface area (Å²) in [6.45, 7) is 2.67. The van der Waals surface area contributed by atoms with Gasteiger partial charge in [-0.05, 0) is 43.5 Å². The predicted molar refractivity (Wildman–Crippen MR) is 74.1 cm³/mol. The molecule has 1 fully saturated rings. The Bertz CT molecular complexity index is 535. The molecule has 3 rings (SSSR count). The fourth-order valence-corrected chi connectivity index (χ4v) is 2.72. The van der Waals surface area contributed by atoms with Crippen molar-refractivity contribution >= 4 is 23.2 Å². The first-order valence-corrected chi connectivity index (χ1v) is 6.93. The molecule has 0 spiro atoms. The SMILES string of the molecule is CCN1C(=O)Cc2cc(NC(=O)C3CCC3)ccc21. The first-order chi connectivity index (χ1) is 9.19. The first kappa shape index (κ1) is 12.2. The number of benzene rings is 1. The molecule has 0 saturated heterocycles. The number of nitrogens with one attached hydrogen (secondary N) is 1. The maximum Gasteiger partial charge on any atom is 0.231 e. The molecule has 1 heterocycles. The topological polar surface area (TPSA) is 49.4 Å². The molecule has 4 heteroatoms. The molecule has 2 aliphatic rings. The molecule has 1 saturated carbocycles. The van der Waals surface area contributed by atoms with Gasteiger partial charge in [0, 0.05) is 23.8 Å². The highest BCUT2D eigenvalue weighted by Gasteiger charge is 2.27. The van der Waals surface area contributed by atoms with Crippen LogP contribution in [0.4, 0.5) is 11.4 Å². The van der Waals surface area contributed by atoms with Crippen LogP contribution in [-0.2, 0) is 16.0 Å². The molecule has 0 atom stereocenters. The van der Waals surface area contributed by atoms with Crippen molar-refractivity contribution < 1.29 is 9.59 Å². The second-order valence-electron chi connectivity index (χ2n) is 5.28. The molecule has 0 unspecified atom stereocenters. The van der Waals surface area contributed by atoms with Gasteiger partial charge in [-0.3, -0.25) is 9.59 Å². The number of carbonyl (C=O) groups excluding carboxylic acids is 2. The van der Waals surface area contributed by atoms with E-state index in [2.05, 4.69) is 5.32 Å². The molecule has 1 aromatic rings. The van der Waals surface area contributed by atoms with E-state index in [1.807, 2.05) is 25.1 Å². The number of fused-ring (bicyclic) bond motifs is 1. The van der Waals surface area contributed by atoms with Crippen LogP contribution >= 0.6 is 0 Å². The monoisotopic (exact) mass is 258 g/mol. The lowest BCUT2D eigenvalue weighted by atomic mass is 9.85. The van der Waals surface area contributed by atoms with Gasteiger partial charge in [-0.1, -0.05) is 6.42 Å². The first-order valence-electron chi connectivity index (χ1n) is 6.93. The van der Waals surface area contributed by atoms with Crippen LogP contribution < -0.4 is 10.2 Å². The minimum atomic E-state index is 0.114. The van der Waals surface area contributed by atoms with Gasteiger partial charge in [0.2, 0.25) is 11.8 Å². The third-order valence-electron chi connectivity index (χ3n) is 4.07. The fraction of sp³-hybridized carbons (Fsp3) is 0.467. The molecule has 100 valence electrons. The number of amides is 2. The van der Waals surface area contributed by atoms with Crippen LogP contribution in [0, 0.1) is 5.92 Å². The molecule has 1 aliphatic heterocycles. The molecule has 0 radical (unpaired) electrons. The van der Waals surface area contributed by atoms with Crippen LogP contribution in [0.3, 0.4) is 0 Å². The summed E-state index contributed by atoms with van der Waals surface area (Å²) in [6, 6.07) is 5.75. The molecule has 4 nitrogen and oxygen atoms in total. The summed E-state index contributed by atoms with van der Waals surface area (Å²) in [5, 5.41) is 2.95. The number of carbonyl (C=O) groups is 2. The van der Waals surface area contributed by atoms with Gasteiger partial charge in [-0.25, -0.2) is 0 Å². The number of anilines is 2. The molecule has 1 aromatic carbocycles. The lowest BCUT2D eigenvalue weighted by molar-refractivity contribution is -0.122. The highest BCUT2D eigenvalue weighted by Crippen LogP contribution is 2.32. The Hall–Kier alpha value is -1.84. The van der Waals surface area contributed by atoms with E-state index < -0.39 is 0 Å². The molecule has 0 bridgehead atoms. The second kappa shape index (κ2) is 4.68. The van der Waals surface area contributed by atoms with Crippen LogP contribution in [0.15, 0.2) is 18.2 Å². The summed E-state index contributed by atoms with van der Waals surface area (Å²) in [7, 11) is 0. The highest BCUT2D eigenvalue weighted by molar-refractivity contribution is 6.02. The Balaban J connectivity index is 1.77. The average molecular weight is 258 g/mol. The smallest absolute Gasteiger partial charge is 0.231 e. The zero-order chi connectivity index (χ0) is 13.4. The van der Waals surface area contributed by atoms with Crippen molar-refractivity contribution in [2.75, 3.05) is 16.8 Å². The zero-order valence-electron chi connectivity index (χ0n) is 11.1. The lowest BCUT2D eigenvalue weighted by Crippen LogP contribution is -2.28. The Morgan fingerprint density at radius 1 is 1.42 bits per heavy atom. The largest absolute Gasteiger partial charge is 0.326 e. The predicted octanol–water partition coefficient (Wildman–Crippen LogP) is 2.33. The summed E-state index contributed by atoms with van der Waals surface area (Å²) in [4.78, 5) is 25.5. The van der Waals surface area contributed by atoms with Crippen molar-refractivity contribution in [3.8, 4) is 0 Å². The third kappa shape index (κ3) is 2.11. The fourth-order valence-electron chi connectivity index (χ4n) is 2.72. The Morgan fingerprint density at radius 3 is 2.84 bits per heavy atom. The zero-order valence-corrected chi connectivity index (χ0v) is 11.1. The van der Waals surface area contributed by atoms with Gasteiger partial charge < -0.3 is 10.2 Å². The van der Waals surface area contributed by atoms with Gasteiger partial charge in [0.05, 0.1) is 6.42 Å². The van der Waals surface area contributed by atoms with Crippen molar-refractivity contribution in [1.29, 1.82) is 0 Å². The average Bonchev–Trinajstić information content (AvgIpc) is 2.61. The summed E-state index contributed by atoms with van der Waals surface area (Å²) >= 11 is 0. The van der Waals surface area contributed by atoms with E-state index in [9.17, 15) is 9.59 Å². The Kier molecular flexibility index (Phi) is 3.01. The lowest BCUT2D eigenvalue weighted by Gasteiger charge is -2.24. The van der Waals surface area contributed by atoms with E-state index in [0.29, 0.717) is 13.0 Å². The standard InChI is InChI=1S/C15H18N2O2/c1-2-17-13-7-6-12(8-11(13)9-14(17)18)16-15(19)10-4-3-5-10/h6-8,10H,2-5,9H2,1H3,(H,16,19). The van der Waals surface area contributed by atoms with Crippen molar-refractivity contribution in [3.05, 3.63) is 23.8 Å². The summed E-state index contributed by atoms with van der Waals surface area (Å²) < 4.78 is 0. The molecule has 0 aromatic heterocycles. The van der Waals surface area contributed by atoms with Crippen molar-refractivity contribution in [1.82, 2.24) is 0 Å². The number of rotatable bonds is 3. The molecule has 1 N–H and O–H groups in total. The van der Waals surface area contributed by atoms with E-state index in [4.69, 9.17) is 0 Å². The van der Waals surface area contributed by atoms with E-state index >= 15 is 0 Å². The maximum atomic E-state index is 11.9. The van der Waals surface area contributed by atoms with Crippen molar-refractivity contribution in [3.63, 3.8) is 0 Å². The van der Waals surface area contributed by atoms with Crippen LogP contribution in [0.5, 0.6) is 0 Å². The normalized spacial score (nSPS) is 18.2. The van der Waals surface area contributed by atoms with E-state index in [0.717, 1.165) is 36.2 Å².